The smallest absolute Gasteiger partial charge is 0.407 e. The fourth-order valence-electron chi connectivity index (χ4n) is 3.11. The zero-order chi connectivity index (χ0) is 19.2. The number of alkyl carbamates (subject to hydrolysis) is 1. The van der Waals surface area contributed by atoms with Crippen molar-refractivity contribution in [1.29, 1.82) is 0 Å². The molecule has 2 amide bonds. The van der Waals surface area contributed by atoms with Crippen molar-refractivity contribution in [1.82, 2.24) is 10.6 Å². The summed E-state index contributed by atoms with van der Waals surface area (Å²) < 4.78 is 10.4. The van der Waals surface area contributed by atoms with Crippen molar-refractivity contribution in [2.45, 2.75) is 64.6 Å². The van der Waals surface area contributed by atoms with E-state index in [1.54, 1.807) is 7.11 Å². The molecule has 0 radical (unpaired) electrons. The van der Waals surface area contributed by atoms with Gasteiger partial charge in [0.05, 0.1) is 7.11 Å². The third kappa shape index (κ3) is 6.58. The van der Waals surface area contributed by atoms with Gasteiger partial charge in [-0.05, 0) is 57.7 Å². The van der Waals surface area contributed by atoms with Gasteiger partial charge < -0.3 is 20.1 Å². The van der Waals surface area contributed by atoms with Gasteiger partial charge in [-0.25, -0.2) is 4.79 Å². The van der Waals surface area contributed by atoms with E-state index in [2.05, 4.69) is 10.6 Å². The molecule has 2 atom stereocenters. The summed E-state index contributed by atoms with van der Waals surface area (Å²) in [5.41, 5.74) is 0.506. The van der Waals surface area contributed by atoms with E-state index in [0.717, 1.165) is 30.6 Å². The molecule has 6 heteroatoms. The maximum Gasteiger partial charge on any atom is 0.407 e. The predicted octanol–water partition coefficient (Wildman–Crippen LogP) is 3.39. The molecule has 1 aliphatic rings. The van der Waals surface area contributed by atoms with Crippen molar-refractivity contribution < 1.29 is 19.1 Å². The van der Waals surface area contributed by atoms with Crippen LogP contribution in [0.15, 0.2) is 24.3 Å². The second-order valence-electron chi connectivity index (χ2n) is 7.77. The highest BCUT2D eigenvalue weighted by molar-refractivity contribution is 5.79. The first-order valence-corrected chi connectivity index (χ1v) is 9.17. The lowest BCUT2D eigenvalue weighted by Crippen LogP contribution is -2.44. The molecule has 26 heavy (non-hydrogen) atoms. The van der Waals surface area contributed by atoms with Crippen molar-refractivity contribution in [3.8, 4) is 5.75 Å². The van der Waals surface area contributed by atoms with Gasteiger partial charge in [-0.15, -0.1) is 0 Å². The van der Waals surface area contributed by atoms with Crippen LogP contribution in [-0.2, 0) is 16.1 Å². The van der Waals surface area contributed by atoms with Gasteiger partial charge in [0.1, 0.15) is 11.4 Å². The normalized spacial score (nSPS) is 20.2. The van der Waals surface area contributed by atoms with Crippen molar-refractivity contribution in [2.24, 2.45) is 5.92 Å². The Labute approximate surface area is 155 Å². The van der Waals surface area contributed by atoms with Crippen LogP contribution in [0.5, 0.6) is 5.75 Å². The first-order valence-electron chi connectivity index (χ1n) is 9.17. The molecule has 1 aromatic carbocycles. The highest BCUT2D eigenvalue weighted by atomic mass is 16.6. The van der Waals surface area contributed by atoms with E-state index >= 15 is 0 Å². The van der Waals surface area contributed by atoms with Gasteiger partial charge in [0, 0.05) is 18.5 Å². The molecule has 0 heterocycles. The molecule has 0 saturated heterocycles. The minimum atomic E-state index is -0.520. The summed E-state index contributed by atoms with van der Waals surface area (Å²) in [6.45, 7) is 6.00. The van der Waals surface area contributed by atoms with E-state index in [1.165, 1.54) is 0 Å². The van der Waals surface area contributed by atoms with Crippen LogP contribution in [0.3, 0.4) is 0 Å². The van der Waals surface area contributed by atoms with Gasteiger partial charge in [0.15, 0.2) is 0 Å². The summed E-state index contributed by atoms with van der Waals surface area (Å²) in [6, 6.07) is 7.61. The number of carbonyl (C=O) groups excluding carboxylic acids is 2. The third-order valence-electron chi connectivity index (χ3n) is 4.39. The zero-order valence-electron chi connectivity index (χ0n) is 16.1. The molecule has 144 valence electrons. The van der Waals surface area contributed by atoms with Crippen LogP contribution >= 0.6 is 0 Å². The predicted molar refractivity (Wildman–Crippen MR) is 100.0 cm³/mol. The molecule has 2 N–H and O–H groups in total. The summed E-state index contributed by atoms with van der Waals surface area (Å²) in [5.74, 6) is 0.752. The number of nitrogens with one attached hydrogen (secondary N) is 2. The van der Waals surface area contributed by atoms with Crippen LogP contribution in [0, 0.1) is 5.92 Å². The molecular weight excluding hydrogens is 332 g/mol. The van der Waals surface area contributed by atoms with E-state index < -0.39 is 11.7 Å². The molecule has 1 aliphatic carbocycles. The highest BCUT2D eigenvalue weighted by Gasteiger charge is 2.29. The van der Waals surface area contributed by atoms with Gasteiger partial charge in [0.2, 0.25) is 5.91 Å². The number of hydrogen-bond donors (Lipinski definition) is 2. The minimum Gasteiger partial charge on any atom is -0.497 e. The van der Waals surface area contributed by atoms with Crippen molar-refractivity contribution >= 4 is 12.0 Å². The summed E-state index contributed by atoms with van der Waals surface area (Å²) in [7, 11) is 1.63. The monoisotopic (exact) mass is 362 g/mol. The Morgan fingerprint density at radius 3 is 2.46 bits per heavy atom. The molecular formula is C20H30N2O4. The molecule has 0 aromatic heterocycles. The molecule has 0 aliphatic heterocycles. The average molecular weight is 362 g/mol. The Bertz CT molecular complexity index is 607. The quantitative estimate of drug-likeness (QED) is 0.842. The Morgan fingerprint density at radius 1 is 1.15 bits per heavy atom. The van der Waals surface area contributed by atoms with Crippen LogP contribution in [0.25, 0.3) is 0 Å². The average Bonchev–Trinajstić information content (AvgIpc) is 2.58. The topological polar surface area (TPSA) is 76.7 Å². The van der Waals surface area contributed by atoms with Crippen molar-refractivity contribution in [3.05, 3.63) is 29.8 Å². The fourth-order valence-corrected chi connectivity index (χ4v) is 3.11. The van der Waals surface area contributed by atoms with Gasteiger partial charge >= 0.3 is 6.09 Å². The lowest BCUT2D eigenvalue weighted by Gasteiger charge is -2.30. The highest BCUT2D eigenvalue weighted by Crippen LogP contribution is 2.25. The van der Waals surface area contributed by atoms with E-state index in [1.807, 2.05) is 45.0 Å². The van der Waals surface area contributed by atoms with Crippen molar-refractivity contribution in [3.63, 3.8) is 0 Å². The lowest BCUT2D eigenvalue weighted by molar-refractivity contribution is -0.126. The fraction of sp³-hybridized carbons (Fsp3) is 0.600. The number of amides is 2. The van der Waals surface area contributed by atoms with E-state index in [9.17, 15) is 9.59 Å². The SMILES string of the molecule is COc1ccc(CNC(=O)[C@@H]2CCC[C@H](NC(=O)OC(C)(C)C)C2)cc1. The summed E-state index contributed by atoms with van der Waals surface area (Å²) >= 11 is 0. The van der Waals surface area contributed by atoms with Crippen molar-refractivity contribution in [2.75, 3.05) is 7.11 Å². The first-order chi connectivity index (χ1) is 12.3. The molecule has 1 aromatic rings. The van der Waals surface area contributed by atoms with Gasteiger partial charge in [0.25, 0.3) is 0 Å². The van der Waals surface area contributed by atoms with Gasteiger partial charge in [-0.2, -0.15) is 0 Å². The Morgan fingerprint density at radius 2 is 1.85 bits per heavy atom. The van der Waals surface area contributed by atoms with Gasteiger partial charge in [-0.1, -0.05) is 18.6 Å². The summed E-state index contributed by atoms with van der Waals surface area (Å²) in [5, 5.41) is 5.89. The Balaban J connectivity index is 1.80. The van der Waals surface area contributed by atoms with Gasteiger partial charge in [-0.3, -0.25) is 4.79 Å². The molecule has 0 unspecified atom stereocenters. The molecule has 2 rings (SSSR count). The number of rotatable bonds is 5. The molecule has 1 fully saturated rings. The van der Waals surface area contributed by atoms with E-state index in [-0.39, 0.29) is 17.9 Å². The number of carbonyl (C=O) groups is 2. The minimum absolute atomic E-state index is 0.0182. The molecule has 1 saturated carbocycles. The van der Waals surface area contributed by atoms with Crippen LogP contribution in [0.4, 0.5) is 4.79 Å². The molecule has 6 nitrogen and oxygen atoms in total. The number of ether oxygens (including phenoxy) is 2. The zero-order valence-corrected chi connectivity index (χ0v) is 16.1. The lowest BCUT2D eigenvalue weighted by atomic mass is 9.85. The molecule has 0 bridgehead atoms. The Hall–Kier alpha value is -2.24. The number of methoxy groups -OCH3 is 1. The number of hydrogen-bond acceptors (Lipinski definition) is 4. The van der Waals surface area contributed by atoms with E-state index in [4.69, 9.17) is 9.47 Å². The van der Waals surface area contributed by atoms with Crippen LogP contribution in [-0.4, -0.2) is 30.8 Å². The summed E-state index contributed by atoms with van der Waals surface area (Å²) in [4.78, 5) is 24.4. The number of benzene rings is 1. The second kappa shape index (κ2) is 8.92. The van der Waals surface area contributed by atoms with Crippen LogP contribution in [0.1, 0.15) is 52.0 Å². The largest absolute Gasteiger partial charge is 0.497 e. The second-order valence-corrected chi connectivity index (χ2v) is 7.77. The van der Waals surface area contributed by atoms with E-state index in [0.29, 0.717) is 13.0 Å². The van der Waals surface area contributed by atoms with Crippen LogP contribution < -0.4 is 15.4 Å². The maximum atomic E-state index is 12.5. The Kier molecular flexibility index (Phi) is 6.89. The third-order valence-corrected chi connectivity index (χ3v) is 4.39. The summed E-state index contributed by atoms with van der Waals surface area (Å²) in [6.07, 6.45) is 2.87. The van der Waals surface area contributed by atoms with Crippen LogP contribution in [0.2, 0.25) is 0 Å². The maximum absolute atomic E-state index is 12.5. The first kappa shape index (κ1) is 20.1. The standard InChI is InChI=1S/C20H30N2O4/c1-20(2,3)26-19(24)22-16-7-5-6-15(12-16)18(23)21-13-14-8-10-17(25-4)11-9-14/h8-11,15-16H,5-7,12-13H2,1-4H3,(H,21,23)(H,22,24)/t15-,16+/m1/s1. The molecule has 0 spiro atoms.